The van der Waals surface area contributed by atoms with Crippen LogP contribution in [0.2, 0.25) is 0 Å². The molecular weight excluding hydrogens is 91.0 g/mol. The fraction of sp³-hybridized carbons (Fsp3) is 0. The summed E-state index contributed by atoms with van der Waals surface area (Å²) < 4.78 is 0. The molecule has 0 rings (SSSR count). The van der Waals surface area contributed by atoms with Crippen LogP contribution >= 0.6 is 0 Å². The van der Waals surface area contributed by atoms with Crippen LogP contribution in [0.1, 0.15) is 0 Å². The molecule has 0 radical (unpaired) electrons. The predicted octanol–water partition coefficient (Wildman–Crippen LogP) is -2.17. The van der Waals surface area contributed by atoms with Gasteiger partial charge in [0.05, 0.1) is 0 Å². The Morgan fingerprint density at radius 1 is 1.43 bits per heavy atom. The van der Waals surface area contributed by atoms with E-state index in [0.717, 1.165) is 0 Å². The van der Waals surface area contributed by atoms with E-state index < -0.39 is 6.16 Å². The molecule has 2 N–H and O–H groups in total. The van der Waals surface area contributed by atoms with Gasteiger partial charge in [0.1, 0.15) is 0 Å². The second kappa shape index (κ2) is 17.5. The molecule has 0 saturated carbocycles. The van der Waals surface area contributed by atoms with E-state index in [0.29, 0.717) is 0 Å². The van der Waals surface area contributed by atoms with Crippen LogP contribution in [0.25, 0.3) is 0 Å². The monoisotopic (exact) mass is 96.0 g/mol. The van der Waals surface area contributed by atoms with Crippen LogP contribution in [-0.2, 0) is 0 Å². The van der Waals surface area contributed by atoms with Gasteiger partial charge in [0.2, 0.25) is 0 Å². The summed E-state index contributed by atoms with van der Waals surface area (Å²) in [6.07, 6.45) is -1.83. The topological polar surface area (TPSA) is 57.5 Å². The molecule has 0 aromatic rings. The molecule has 0 aromatic heterocycles. The van der Waals surface area contributed by atoms with Crippen molar-refractivity contribution in [3.8, 4) is 0 Å². The maximum Gasteiger partial charge on any atom is 1.00 e. The Morgan fingerprint density at radius 2 is 1.43 bits per heavy atom. The first-order valence-corrected chi connectivity index (χ1v) is 1.06. The van der Waals surface area contributed by atoms with Crippen LogP contribution < -0.4 is 18.9 Å². The fourth-order valence-corrected chi connectivity index (χ4v) is 0. The maximum absolute atomic E-state index is 8.56. The molecule has 0 heterocycles. The molecule has 0 bridgehead atoms. The Labute approximate surface area is 53.8 Å². The van der Waals surface area contributed by atoms with Crippen molar-refractivity contribution >= 4 is 6.16 Å². The molecule has 0 aliphatic rings. The van der Waals surface area contributed by atoms with Crippen molar-refractivity contribution < 1.29 is 33.9 Å². The van der Waals surface area contributed by atoms with E-state index in [1.54, 1.807) is 0 Å². The van der Waals surface area contributed by atoms with Crippen molar-refractivity contribution in [2.24, 2.45) is 0 Å². The molecule has 0 amide bonds. The first-order chi connectivity index (χ1) is 2.73. The Hall–Kier alpha value is -0.393. The Morgan fingerprint density at radius 3 is 1.43 bits per heavy atom. The summed E-state index contributed by atoms with van der Waals surface area (Å²) in [5.74, 6) is 0. The molecule has 0 aliphatic heterocycles. The van der Waals surface area contributed by atoms with Gasteiger partial charge in [-0.1, -0.05) is 0 Å². The first-order valence-electron chi connectivity index (χ1n) is 1.06. The Balaban J connectivity index is -0.0000000480. The molecule has 0 aromatic carbocycles. The molecule has 0 fully saturated rings. The average molecular weight is 96.0 g/mol. The zero-order valence-electron chi connectivity index (χ0n) is 4.09. The third-order valence-corrected chi connectivity index (χ3v) is 0. The molecule has 0 unspecified atom stereocenters. The number of rotatable bonds is 0. The van der Waals surface area contributed by atoms with E-state index in [9.17, 15) is 0 Å². The zero-order valence-corrected chi connectivity index (χ0v) is 4.09. The molecule has 36 valence electrons. The van der Waals surface area contributed by atoms with Gasteiger partial charge in [-0.05, 0) is 0 Å². The van der Waals surface area contributed by atoms with Gasteiger partial charge in [-0.25, -0.2) is 4.79 Å². The molecule has 0 atom stereocenters. The zero-order chi connectivity index (χ0) is 5.58. The SMILES string of the molecule is O=C(O)O.[CH-]=C.[Li+]. The maximum atomic E-state index is 8.56. The van der Waals surface area contributed by atoms with Crippen LogP contribution in [0.15, 0.2) is 6.58 Å². The van der Waals surface area contributed by atoms with Gasteiger partial charge < -0.3 is 16.8 Å². The summed E-state index contributed by atoms with van der Waals surface area (Å²) >= 11 is 0. The van der Waals surface area contributed by atoms with Crippen LogP contribution in [0.4, 0.5) is 4.79 Å². The van der Waals surface area contributed by atoms with E-state index in [1.807, 2.05) is 0 Å². The second-order valence-electron chi connectivity index (χ2n) is 0.283. The van der Waals surface area contributed by atoms with Crippen molar-refractivity contribution in [3.05, 3.63) is 13.2 Å². The molecular formula is C3H5LiO3. The summed E-state index contributed by atoms with van der Waals surface area (Å²) in [5.41, 5.74) is 0. The Bertz CT molecular complexity index is 41.4. The smallest absolute Gasteiger partial charge is 0.521 e. The first kappa shape index (κ1) is 16.0. The summed E-state index contributed by atoms with van der Waals surface area (Å²) in [4.78, 5) is 8.56. The van der Waals surface area contributed by atoms with Gasteiger partial charge >= 0.3 is 25.0 Å². The summed E-state index contributed by atoms with van der Waals surface area (Å²) in [7, 11) is 0. The van der Waals surface area contributed by atoms with E-state index in [1.165, 1.54) is 0 Å². The minimum Gasteiger partial charge on any atom is -0.521 e. The molecule has 7 heavy (non-hydrogen) atoms. The molecule has 0 spiro atoms. The van der Waals surface area contributed by atoms with E-state index in [4.69, 9.17) is 15.0 Å². The molecule has 4 heteroatoms. The summed E-state index contributed by atoms with van der Waals surface area (Å²) in [6.45, 7) is 7.00. The van der Waals surface area contributed by atoms with Crippen LogP contribution in [-0.4, -0.2) is 16.4 Å². The van der Waals surface area contributed by atoms with Gasteiger partial charge in [0, 0.05) is 0 Å². The number of hydrogen-bond donors (Lipinski definition) is 2. The van der Waals surface area contributed by atoms with Crippen molar-refractivity contribution in [3.63, 3.8) is 0 Å². The number of carboxylic acid groups (broad SMARTS) is 2. The normalized spacial score (nSPS) is 4.00. The van der Waals surface area contributed by atoms with Crippen LogP contribution in [0.3, 0.4) is 0 Å². The van der Waals surface area contributed by atoms with E-state index in [-0.39, 0.29) is 18.9 Å². The van der Waals surface area contributed by atoms with Crippen molar-refractivity contribution in [1.29, 1.82) is 0 Å². The largest absolute Gasteiger partial charge is 1.00 e. The van der Waals surface area contributed by atoms with Crippen LogP contribution in [0, 0.1) is 6.58 Å². The number of carbonyl (C=O) groups is 1. The van der Waals surface area contributed by atoms with E-state index in [2.05, 4.69) is 13.2 Å². The third kappa shape index (κ3) is 473. The van der Waals surface area contributed by atoms with Gasteiger partial charge in [0.25, 0.3) is 0 Å². The molecule has 0 saturated heterocycles. The minimum atomic E-state index is -1.83. The van der Waals surface area contributed by atoms with Gasteiger partial charge in [-0.15, -0.1) is 0 Å². The average Bonchev–Trinajstić information content (AvgIpc) is 1.41. The summed E-state index contributed by atoms with van der Waals surface area (Å²) in [6, 6.07) is 0. The Kier molecular flexibility index (Phi) is 39.9. The fourth-order valence-electron chi connectivity index (χ4n) is 0. The van der Waals surface area contributed by atoms with Crippen molar-refractivity contribution in [2.75, 3.05) is 0 Å². The van der Waals surface area contributed by atoms with E-state index >= 15 is 0 Å². The van der Waals surface area contributed by atoms with Gasteiger partial charge in [-0.3, -0.25) is 6.58 Å². The summed E-state index contributed by atoms with van der Waals surface area (Å²) in [5, 5.41) is 13.9. The van der Waals surface area contributed by atoms with Crippen LogP contribution in [0.5, 0.6) is 0 Å². The molecule has 0 aliphatic carbocycles. The van der Waals surface area contributed by atoms with Crippen molar-refractivity contribution in [2.45, 2.75) is 0 Å². The van der Waals surface area contributed by atoms with Gasteiger partial charge in [0.15, 0.2) is 0 Å². The van der Waals surface area contributed by atoms with Crippen molar-refractivity contribution in [1.82, 2.24) is 0 Å². The second-order valence-corrected chi connectivity index (χ2v) is 0.283. The number of hydrogen-bond acceptors (Lipinski definition) is 1. The quantitative estimate of drug-likeness (QED) is 0.266. The minimum absolute atomic E-state index is 0. The predicted molar refractivity (Wildman–Crippen MR) is 20.6 cm³/mol. The standard InChI is InChI=1S/C2H3.CH2O3.Li/c1-2;2-1(3)4;/h1H,2H2;(H2,2,3,4);/q-1;;+1. The third-order valence-electron chi connectivity index (χ3n) is 0. The molecule has 3 nitrogen and oxygen atoms in total. The van der Waals surface area contributed by atoms with Gasteiger partial charge in [-0.2, -0.15) is 0 Å².